The van der Waals surface area contributed by atoms with Crippen LogP contribution in [-0.2, 0) is 12.4 Å². The summed E-state index contributed by atoms with van der Waals surface area (Å²) in [6, 6.07) is 18.3. The minimum Gasteiger partial charge on any atom is -0.318 e. The first-order valence-corrected chi connectivity index (χ1v) is 12.6. The predicted molar refractivity (Wildman–Crippen MR) is 146 cm³/mol. The van der Waals surface area contributed by atoms with Crippen molar-refractivity contribution < 1.29 is 31.1 Å². The lowest BCUT2D eigenvalue weighted by Crippen LogP contribution is -2.37. The van der Waals surface area contributed by atoms with E-state index in [9.17, 15) is 35.9 Å². The number of fused-ring (bicyclic) bond motifs is 2. The molecule has 1 aromatic heterocycles. The SMILES string of the molecule is CC(c1nc2ccccc2c(=O)n1-c1ccc2ccccc2c1)N(C)C(=O)Nc1cc(C(F)(F)F)cc(C(F)(F)F)c1. The van der Waals surface area contributed by atoms with Crippen LogP contribution in [0, 0.1) is 0 Å². The zero-order chi connectivity index (χ0) is 30.4. The Balaban J connectivity index is 1.56. The van der Waals surface area contributed by atoms with E-state index < -0.39 is 46.8 Å². The van der Waals surface area contributed by atoms with Crippen LogP contribution in [0.15, 0.2) is 89.7 Å². The van der Waals surface area contributed by atoms with Gasteiger partial charge in [0.05, 0.1) is 33.8 Å². The highest BCUT2D eigenvalue weighted by Crippen LogP contribution is 2.37. The molecule has 2 amide bonds. The first-order chi connectivity index (χ1) is 19.7. The maximum Gasteiger partial charge on any atom is 0.416 e. The molecule has 0 aliphatic carbocycles. The predicted octanol–water partition coefficient (Wildman–Crippen LogP) is 7.80. The summed E-state index contributed by atoms with van der Waals surface area (Å²) in [4.78, 5) is 32.6. The number of halogens is 6. The van der Waals surface area contributed by atoms with Crippen LogP contribution in [0.4, 0.5) is 36.8 Å². The molecule has 0 radical (unpaired) electrons. The van der Waals surface area contributed by atoms with Gasteiger partial charge in [-0.15, -0.1) is 0 Å². The highest BCUT2D eigenvalue weighted by Gasteiger charge is 2.37. The minimum absolute atomic E-state index is 0.0246. The van der Waals surface area contributed by atoms with Gasteiger partial charge in [0.25, 0.3) is 5.56 Å². The number of para-hydroxylation sites is 1. The summed E-state index contributed by atoms with van der Waals surface area (Å²) in [7, 11) is 1.30. The standard InChI is InChI=1S/C30H22F6N4O2/c1-17(39(2)28(42)37-22-15-20(29(31,32)33)14-21(16-22)30(34,35)36)26-38-25-10-6-5-9-24(25)27(41)40(26)23-12-11-18-7-3-4-8-19(18)13-23/h3-17H,1-2H3,(H,37,42). The van der Waals surface area contributed by atoms with Gasteiger partial charge >= 0.3 is 18.4 Å². The molecule has 0 aliphatic heterocycles. The van der Waals surface area contributed by atoms with Crippen LogP contribution < -0.4 is 10.9 Å². The van der Waals surface area contributed by atoms with Crippen LogP contribution >= 0.6 is 0 Å². The second-order valence-corrected chi connectivity index (χ2v) is 9.67. The summed E-state index contributed by atoms with van der Waals surface area (Å²) >= 11 is 0. The number of anilines is 1. The number of hydrogen-bond acceptors (Lipinski definition) is 3. The number of nitrogens with zero attached hydrogens (tertiary/aromatic N) is 3. The Kier molecular flexibility index (Phi) is 7.17. The molecular formula is C30H22F6N4O2. The Bertz CT molecular complexity index is 1850. The summed E-state index contributed by atoms with van der Waals surface area (Å²) < 4.78 is 81.3. The van der Waals surface area contributed by atoms with E-state index in [0.717, 1.165) is 15.7 Å². The first kappa shape index (κ1) is 28.7. The molecule has 0 spiro atoms. The van der Waals surface area contributed by atoms with E-state index in [1.54, 1.807) is 43.3 Å². The van der Waals surface area contributed by atoms with Gasteiger partial charge in [-0.2, -0.15) is 26.3 Å². The molecule has 0 saturated carbocycles. The molecule has 6 nitrogen and oxygen atoms in total. The van der Waals surface area contributed by atoms with Crippen LogP contribution in [0.1, 0.15) is 29.9 Å². The molecule has 0 bridgehead atoms. The lowest BCUT2D eigenvalue weighted by Gasteiger charge is -2.27. The van der Waals surface area contributed by atoms with E-state index in [1.807, 2.05) is 30.3 Å². The van der Waals surface area contributed by atoms with Crippen molar-refractivity contribution in [2.45, 2.75) is 25.3 Å². The average molecular weight is 585 g/mol. The topological polar surface area (TPSA) is 67.2 Å². The monoisotopic (exact) mass is 584 g/mol. The third kappa shape index (κ3) is 5.52. The lowest BCUT2D eigenvalue weighted by molar-refractivity contribution is -0.143. The van der Waals surface area contributed by atoms with Crippen molar-refractivity contribution in [1.29, 1.82) is 0 Å². The number of alkyl halides is 6. The van der Waals surface area contributed by atoms with Crippen LogP contribution in [0.5, 0.6) is 0 Å². The van der Waals surface area contributed by atoms with Gasteiger partial charge in [-0.05, 0) is 60.2 Å². The molecular weight excluding hydrogens is 562 g/mol. The van der Waals surface area contributed by atoms with E-state index in [1.165, 1.54) is 11.6 Å². The van der Waals surface area contributed by atoms with Crippen LogP contribution in [-0.4, -0.2) is 27.5 Å². The first-order valence-electron chi connectivity index (χ1n) is 12.6. The van der Waals surface area contributed by atoms with Gasteiger partial charge in [0.2, 0.25) is 0 Å². The molecule has 1 N–H and O–H groups in total. The number of aromatic nitrogens is 2. The smallest absolute Gasteiger partial charge is 0.318 e. The fourth-order valence-corrected chi connectivity index (χ4v) is 4.58. The largest absolute Gasteiger partial charge is 0.416 e. The van der Waals surface area contributed by atoms with Gasteiger partial charge in [0.15, 0.2) is 0 Å². The summed E-state index contributed by atoms with van der Waals surface area (Å²) in [5, 5.41) is 4.20. The molecule has 5 rings (SSSR count). The van der Waals surface area contributed by atoms with Crippen LogP contribution in [0.25, 0.3) is 27.4 Å². The van der Waals surface area contributed by atoms with E-state index in [2.05, 4.69) is 10.3 Å². The second kappa shape index (κ2) is 10.5. The minimum atomic E-state index is -5.08. The molecule has 216 valence electrons. The second-order valence-electron chi connectivity index (χ2n) is 9.67. The van der Waals surface area contributed by atoms with E-state index in [0.29, 0.717) is 28.7 Å². The summed E-state index contributed by atoms with van der Waals surface area (Å²) in [6.07, 6.45) is -10.2. The molecule has 0 fully saturated rings. The number of carbonyl (C=O) groups excluding carboxylic acids is 1. The highest BCUT2D eigenvalue weighted by atomic mass is 19.4. The molecule has 1 heterocycles. The molecule has 1 atom stereocenters. The van der Waals surface area contributed by atoms with Crippen molar-refractivity contribution in [1.82, 2.24) is 14.5 Å². The molecule has 4 aromatic carbocycles. The number of benzene rings is 4. The van der Waals surface area contributed by atoms with Crippen molar-refractivity contribution in [3.05, 3.63) is 112 Å². The normalized spacial score (nSPS) is 12.9. The van der Waals surface area contributed by atoms with E-state index >= 15 is 0 Å². The quantitative estimate of drug-likeness (QED) is 0.219. The van der Waals surface area contributed by atoms with E-state index in [4.69, 9.17) is 0 Å². The van der Waals surface area contributed by atoms with Crippen LogP contribution in [0.3, 0.4) is 0 Å². The summed E-state index contributed by atoms with van der Waals surface area (Å²) in [5.41, 5.74) is -3.43. The number of carbonyl (C=O) groups is 1. The van der Waals surface area contributed by atoms with Crippen molar-refractivity contribution in [3.63, 3.8) is 0 Å². The zero-order valence-electron chi connectivity index (χ0n) is 22.1. The highest BCUT2D eigenvalue weighted by molar-refractivity contribution is 5.90. The maximum atomic E-state index is 13.7. The summed E-state index contributed by atoms with van der Waals surface area (Å²) in [5.74, 6) is 0.131. The van der Waals surface area contributed by atoms with Crippen molar-refractivity contribution in [3.8, 4) is 5.69 Å². The Morgan fingerprint density at radius 2 is 1.43 bits per heavy atom. The van der Waals surface area contributed by atoms with Gasteiger partial charge in [0.1, 0.15) is 5.82 Å². The zero-order valence-corrected chi connectivity index (χ0v) is 22.1. The Labute approximate surface area is 234 Å². The van der Waals surface area contributed by atoms with Gasteiger partial charge in [-0.3, -0.25) is 9.36 Å². The molecule has 0 saturated heterocycles. The van der Waals surface area contributed by atoms with Gasteiger partial charge < -0.3 is 10.2 Å². The number of rotatable bonds is 4. The maximum absolute atomic E-state index is 13.7. The average Bonchev–Trinajstić information content (AvgIpc) is 2.95. The van der Waals surface area contributed by atoms with Gasteiger partial charge in [0, 0.05) is 12.7 Å². The fraction of sp³-hybridized carbons (Fsp3) is 0.167. The Morgan fingerprint density at radius 3 is 2.07 bits per heavy atom. The van der Waals surface area contributed by atoms with Crippen molar-refractivity contribution in [2.75, 3.05) is 12.4 Å². The number of amides is 2. The van der Waals surface area contributed by atoms with Crippen LogP contribution in [0.2, 0.25) is 0 Å². The lowest BCUT2D eigenvalue weighted by atomic mass is 10.1. The summed E-state index contributed by atoms with van der Waals surface area (Å²) in [6.45, 7) is 1.54. The Morgan fingerprint density at radius 1 is 0.833 bits per heavy atom. The third-order valence-electron chi connectivity index (χ3n) is 6.91. The van der Waals surface area contributed by atoms with Gasteiger partial charge in [-0.25, -0.2) is 9.78 Å². The molecule has 5 aromatic rings. The molecule has 12 heteroatoms. The number of urea groups is 1. The van der Waals surface area contributed by atoms with E-state index in [-0.39, 0.29) is 11.9 Å². The number of hydrogen-bond donors (Lipinski definition) is 1. The third-order valence-corrected chi connectivity index (χ3v) is 6.91. The van der Waals surface area contributed by atoms with Crippen molar-refractivity contribution in [2.24, 2.45) is 0 Å². The molecule has 1 unspecified atom stereocenters. The molecule has 0 aliphatic rings. The van der Waals surface area contributed by atoms with Crippen molar-refractivity contribution >= 4 is 33.4 Å². The fourth-order valence-electron chi connectivity index (χ4n) is 4.58. The number of nitrogens with one attached hydrogen (secondary N) is 1. The Hall–Kier alpha value is -4.87. The van der Waals surface area contributed by atoms with Gasteiger partial charge in [-0.1, -0.05) is 42.5 Å². The molecule has 42 heavy (non-hydrogen) atoms.